The van der Waals surface area contributed by atoms with Crippen molar-refractivity contribution >= 4 is 27.3 Å². The fourth-order valence-corrected chi connectivity index (χ4v) is 3.16. The molecule has 0 aromatic heterocycles. The van der Waals surface area contributed by atoms with E-state index in [0.29, 0.717) is 0 Å². The van der Waals surface area contributed by atoms with Crippen LogP contribution in [0.15, 0.2) is 46.9 Å². The number of anilines is 2. The van der Waals surface area contributed by atoms with Gasteiger partial charge in [0.2, 0.25) is 0 Å². The SMILES string of the molecule is Cc1ccc(CNc2cccc(N3CCCC3)c2)cc1Br. The van der Waals surface area contributed by atoms with Crippen LogP contribution in [-0.4, -0.2) is 13.1 Å². The lowest BCUT2D eigenvalue weighted by Crippen LogP contribution is -2.17. The fourth-order valence-electron chi connectivity index (χ4n) is 2.74. The molecule has 21 heavy (non-hydrogen) atoms. The van der Waals surface area contributed by atoms with Crippen LogP contribution < -0.4 is 10.2 Å². The van der Waals surface area contributed by atoms with Crippen molar-refractivity contribution in [2.24, 2.45) is 0 Å². The molecule has 1 aliphatic heterocycles. The molecule has 3 heteroatoms. The summed E-state index contributed by atoms with van der Waals surface area (Å²) in [7, 11) is 0. The lowest BCUT2D eigenvalue weighted by atomic mass is 10.1. The molecule has 2 nitrogen and oxygen atoms in total. The van der Waals surface area contributed by atoms with E-state index in [-0.39, 0.29) is 0 Å². The summed E-state index contributed by atoms with van der Waals surface area (Å²) in [6.07, 6.45) is 2.63. The smallest absolute Gasteiger partial charge is 0.0401 e. The average Bonchev–Trinajstić information content (AvgIpc) is 3.03. The average molecular weight is 345 g/mol. The molecule has 0 radical (unpaired) electrons. The van der Waals surface area contributed by atoms with Gasteiger partial charge < -0.3 is 10.2 Å². The van der Waals surface area contributed by atoms with Crippen LogP contribution in [0.1, 0.15) is 24.0 Å². The van der Waals surface area contributed by atoms with Crippen molar-refractivity contribution in [3.63, 3.8) is 0 Å². The summed E-state index contributed by atoms with van der Waals surface area (Å²) in [4.78, 5) is 2.47. The lowest BCUT2D eigenvalue weighted by molar-refractivity contribution is 0.949. The van der Waals surface area contributed by atoms with Gasteiger partial charge in [-0.05, 0) is 55.2 Å². The minimum atomic E-state index is 0.850. The predicted molar refractivity (Wildman–Crippen MR) is 94.1 cm³/mol. The van der Waals surface area contributed by atoms with E-state index in [1.807, 2.05) is 0 Å². The molecule has 0 atom stereocenters. The normalized spacial score (nSPS) is 14.5. The van der Waals surface area contributed by atoms with Gasteiger partial charge in [0, 0.05) is 35.5 Å². The molecule has 3 rings (SSSR count). The molecule has 0 unspecified atom stereocenters. The van der Waals surface area contributed by atoms with Crippen LogP contribution in [0, 0.1) is 6.92 Å². The van der Waals surface area contributed by atoms with E-state index in [4.69, 9.17) is 0 Å². The van der Waals surface area contributed by atoms with E-state index >= 15 is 0 Å². The minimum absolute atomic E-state index is 0.850. The first kappa shape index (κ1) is 14.5. The first-order valence-electron chi connectivity index (χ1n) is 7.56. The standard InChI is InChI=1S/C18H21BrN2/c1-14-7-8-15(11-18(14)19)13-20-16-5-4-6-17(12-16)21-9-2-3-10-21/h4-8,11-12,20H,2-3,9-10,13H2,1H3. The van der Waals surface area contributed by atoms with Gasteiger partial charge in [-0.15, -0.1) is 0 Å². The van der Waals surface area contributed by atoms with Crippen LogP contribution in [0.3, 0.4) is 0 Å². The van der Waals surface area contributed by atoms with E-state index in [2.05, 4.69) is 75.5 Å². The number of benzene rings is 2. The van der Waals surface area contributed by atoms with Crippen LogP contribution >= 0.6 is 15.9 Å². The zero-order chi connectivity index (χ0) is 14.7. The minimum Gasteiger partial charge on any atom is -0.381 e. The van der Waals surface area contributed by atoms with E-state index in [1.165, 1.54) is 52.9 Å². The molecule has 0 aliphatic carbocycles. The van der Waals surface area contributed by atoms with E-state index in [0.717, 1.165) is 6.54 Å². The Morgan fingerprint density at radius 3 is 2.67 bits per heavy atom. The van der Waals surface area contributed by atoms with Crippen molar-refractivity contribution in [3.8, 4) is 0 Å². The molecule has 2 aromatic rings. The highest BCUT2D eigenvalue weighted by molar-refractivity contribution is 9.10. The number of hydrogen-bond donors (Lipinski definition) is 1. The van der Waals surface area contributed by atoms with Crippen molar-refractivity contribution in [3.05, 3.63) is 58.1 Å². The highest BCUT2D eigenvalue weighted by atomic mass is 79.9. The second-order valence-corrected chi connectivity index (χ2v) is 6.54. The van der Waals surface area contributed by atoms with Gasteiger partial charge in [-0.1, -0.05) is 34.1 Å². The Balaban J connectivity index is 1.67. The molecule has 110 valence electrons. The molecule has 0 bridgehead atoms. The third-order valence-electron chi connectivity index (χ3n) is 4.05. The van der Waals surface area contributed by atoms with E-state index in [1.54, 1.807) is 0 Å². The fraction of sp³-hybridized carbons (Fsp3) is 0.333. The topological polar surface area (TPSA) is 15.3 Å². The summed E-state index contributed by atoms with van der Waals surface area (Å²) in [5, 5.41) is 3.52. The zero-order valence-corrected chi connectivity index (χ0v) is 14.0. The highest BCUT2D eigenvalue weighted by Gasteiger charge is 2.12. The molecule has 1 saturated heterocycles. The molecule has 1 aliphatic rings. The maximum absolute atomic E-state index is 3.59. The Bertz CT molecular complexity index is 618. The Morgan fingerprint density at radius 2 is 1.90 bits per heavy atom. The summed E-state index contributed by atoms with van der Waals surface area (Å²) in [5.74, 6) is 0. The number of aryl methyl sites for hydroxylation is 1. The van der Waals surface area contributed by atoms with Gasteiger partial charge in [-0.25, -0.2) is 0 Å². The lowest BCUT2D eigenvalue weighted by Gasteiger charge is -2.18. The van der Waals surface area contributed by atoms with Crippen LogP contribution in [0.2, 0.25) is 0 Å². The van der Waals surface area contributed by atoms with Crippen molar-refractivity contribution < 1.29 is 0 Å². The first-order chi connectivity index (χ1) is 10.2. The molecule has 0 saturated carbocycles. The molecule has 1 heterocycles. The number of hydrogen-bond acceptors (Lipinski definition) is 2. The summed E-state index contributed by atoms with van der Waals surface area (Å²) in [5.41, 5.74) is 5.09. The van der Waals surface area contributed by atoms with E-state index < -0.39 is 0 Å². The molecule has 0 spiro atoms. The maximum atomic E-state index is 3.59. The first-order valence-corrected chi connectivity index (χ1v) is 8.35. The van der Waals surface area contributed by atoms with Crippen LogP contribution in [0.5, 0.6) is 0 Å². The molecule has 1 N–H and O–H groups in total. The van der Waals surface area contributed by atoms with Gasteiger partial charge in [-0.3, -0.25) is 0 Å². The van der Waals surface area contributed by atoms with Crippen LogP contribution in [0.25, 0.3) is 0 Å². The van der Waals surface area contributed by atoms with Gasteiger partial charge in [0.1, 0.15) is 0 Å². The predicted octanol–water partition coefficient (Wildman–Crippen LogP) is 4.97. The zero-order valence-electron chi connectivity index (χ0n) is 12.4. The Morgan fingerprint density at radius 1 is 1.10 bits per heavy atom. The number of halogens is 1. The van der Waals surface area contributed by atoms with Gasteiger partial charge in [0.25, 0.3) is 0 Å². The molecular weight excluding hydrogens is 324 g/mol. The van der Waals surface area contributed by atoms with Gasteiger partial charge >= 0.3 is 0 Å². The summed E-state index contributed by atoms with van der Waals surface area (Å²) in [6, 6.07) is 15.3. The van der Waals surface area contributed by atoms with Gasteiger partial charge in [-0.2, -0.15) is 0 Å². The van der Waals surface area contributed by atoms with Gasteiger partial charge in [0.15, 0.2) is 0 Å². The summed E-state index contributed by atoms with van der Waals surface area (Å²) >= 11 is 3.59. The highest BCUT2D eigenvalue weighted by Crippen LogP contribution is 2.24. The monoisotopic (exact) mass is 344 g/mol. The maximum Gasteiger partial charge on any atom is 0.0401 e. The molecular formula is C18H21BrN2. The van der Waals surface area contributed by atoms with Crippen LogP contribution in [-0.2, 0) is 6.54 Å². The van der Waals surface area contributed by atoms with Crippen molar-refractivity contribution in [1.82, 2.24) is 0 Å². The number of rotatable bonds is 4. The molecule has 2 aromatic carbocycles. The second-order valence-electron chi connectivity index (χ2n) is 5.68. The number of nitrogens with one attached hydrogen (secondary N) is 1. The largest absolute Gasteiger partial charge is 0.381 e. The second kappa shape index (κ2) is 6.52. The Labute approximate surface area is 135 Å². The summed E-state index contributed by atoms with van der Waals surface area (Å²) in [6.45, 7) is 5.34. The molecule has 1 fully saturated rings. The van der Waals surface area contributed by atoms with Gasteiger partial charge in [0.05, 0.1) is 0 Å². The Kier molecular flexibility index (Phi) is 4.49. The third kappa shape index (κ3) is 3.59. The van der Waals surface area contributed by atoms with Crippen LogP contribution in [0.4, 0.5) is 11.4 Å². The van der Waals surface area contributed by atoms with Crippen molar-refractivity contribution in [2.45, 2.75) is 26.3 Å². The van der Waals surface area contributed by atoms with E-state index in [9.17, 15) is 0 Å². The quantitative estimate of drug-likeness (QED) is 0.842. The molecule has 0 amide bonds. The number of nitrogens with zero attached hydrogens (tertiary/aromatic N) is 1. The third-order valence-corrected chi connectivity index (χ3v) is 4.90. The Hall–Kier alpha value is -1.48. The van der Waals surface area contributed by atoms with Crippen molar-refractivity contribution in [1.29, 1.82) is 0 Å². The van der Waals surface area contributed by atoms with Crippen molar-refractivity contribution in [2.75, 3.05) is 23.3 Å². The summed E-state index contributed by atoms with van der Waals surface area (Å²) < 4.78 is 1.17.